The highest BCUT2D eigenvalue weighted by Crippen LogP contribution is 2.34. The van der Waals surface area contributed by atoms with Gasteiger partial charge in [-0.2, -0.15) is 13.2 Å². The lowest BCUT2D eigenvalue weighted by Gasteiger charge is -2.13. The van der Waals surface area contributed by atoms with Crippen LogP contribution >= 0.6 is 0 Å². The number of nitrogens with one attached hydrogen (secondary N) is 1. The molecule has 78 valence electrons. The molecule has 2 nitrogen and oxygen atoms in total. The molecule has 0 amide bonds. The molecule has 5 heteroatoms. The van der Waals surface area contributed by atoms with Gasteiger partial charge in [0.15, 0.2) is 0 Å². The summed E-state index contributed by atoms with van der Waals surface area (Å²) in [4.78, 5) is 0. The topological polar surface area (TPSA) is 32.3 Å². The molecule has 1 aromatic rings. The van der Waals surface area contributed by atoms with Gasteiger partial charge >= 0.3 is 6.18 Å². The van der Waals surface area contributed by atoms with Crippen molar-refractivity contribution in [3.63, 3.8) is 0 Å². The molecular formula is C9H10F3NO. The van der Waals surface area contributed by atoms with Gasteiger partial charge in [-0.25, -0.2) is 0 Å². The van der Waals surface area contributed by atoms with Crippen LogP contribution in [0.4, 0.5) is 18.9 Å². The van der Waals surface area contributed by atoms with Gasteiger partial charge in [-0.3, -0.25) is 0 Å². The first-order chi connectivity index (χ1) is 6.55. The second kappa shape index (κ2) is 4.32. The Kier molecular flexibility index (Phi) is 3.35. The molecule has 0 heterocycles. The molecule has 0 saturated heterocycles. The van der Waals surface area contributed by atoms with Crippen molar-refractivity contribution in [3.8, 4) is 0 Å². The van der Waals surface area contributed by atoms with E-state index in [1.165, 1.54) is 18.2 Å². The smallest absolute Gasteiger partial charge is 0.395 e. The molecule has 0 aliphatic heterocycles. The van der Waals surface area contributed by atoms with Crippen molar-refractivity contribution in [2.75, 3.05) is 18.5 Å². The van der Waals surface area contributed by atoms with Crippen LogP contribution in [0.1, 0.15) is 5.56 Å². The molecule has 0 spiro atoms. The zero-order chi connectivity index (χ0) is 10.6. The van der Waals surface area contributed by atoms with Crippen molar-refractivity contribution in [1.82, 2.24) is 0 Å². The normalized spacial score (nSPS) is 11.4. The number of para-hydroxylation sites is 1. The van der Waals surface area contributed by atoms with E-state index in [0.717, 1.165) is 6.07 Å². The second-order valence-corrected chi connectivity index (χ2v) is 2.69. The van der Waals surface area contributed by atoms with Crippen molar-refractivity contribution in [2.45, 2.75) is 6.18 Å². The zero-order valence-corrected chi connectivity index (χ0v) is 7.30. The summed E-state index contributed by atoms with van der Waals surface area (Å²) in [5.41, 5.74) is -0.720. The van der Waals surface area contributed by atoms with E-state index >= 15 is 0 Å². The van der Waals surface area contributed by atoms with E-state index in [4.69, 9.17) is 5.11 Å². The van der Waals surface area contributed by atoms with E-state index in [1.54, 1.807) is 0 Å². The number of rotatable bonds is 3. The fourth-order valence-corrected chi connectivity index (χ4v) is 1.08. The molecule has 14 heavy (non-hydrogen) atoms. The third-order valence-electron chi connectivity index (χ3n) is 1.66. The molecule has 1 rings (SSSR count). The van der Waals surface area contributed by atoms with Crippen molar-refractivity contribution in [3.05, 3.63) is 29.8 Å². The summed E-state index contributed by atoms with van der Waals surface area (Å²) in [6.45, 7) is -0.0979. The fraction of sp³-hybridized carbons (Fsp3) is 0.333. The van der Waals surface area contributed by atoms with E-state index < -0.39 is 11.7 Å². The third-order valence-corrected chi connectivity index (χ3v) is 1.66. The Bertz CT molecular complexity index is 298. The van der Waals surface area contributed by atoms with Crippen molar-refractivity contribution in [1.29, 1.82) is 0 Å². The Morgan fingerprint density at radius 3 is 2.43 bits per heavy atom. The van der Waals surface area contributed by atoms with Crippen LogP contribution in [0.25, 0.3) is 0 Å². The molecule has 0 bridgehead atoms. The molecule has 0 fully saturated rings. The number of aliphatic hydroxyl groups excluding tert-OH is 1. The fourth-order valence-electron chi connectivity index (χ4n) is 1.08. The van der Waals surface area contributed by atoms with Crippen LogP contribution in [-0.2, 0) is 6.18 Å². The Balaban J connectivity index is 2.92. The first kappa shape index (κ1) is 10.8. The molecule has 0 saturated carbocycles. The van der Waals surface area contributed by atoms with Crippen LogP contribution in [0.15, 0.2) is 24.3 Å². The van der Waals surface area contributed by atoms with Gasteiger partial charge in [-0.15, -0.1) is 0 Å². The van der Waals surface area contributed by atoms with Crippen LogP contribution in [0.3, 0.4) is 0 Å². The highest BCUT2D eigenvalue weighted by atomic mass is 19.4. The minimum Gasteiger partial charge on any atom is -0.395 e. The average Bonchev–Trinajstić information content (AvgIpc) is 2.14. The van der Waals surface area contributed by atoms with Crippen molar-refractivity contribution in [2.24, 2.45) is 0 Å². The summed E-state index contributed by atoms with van der Waals surface area (Å²) in [5, 5.41) is 11.0. The number of aliphatic hydroxyl groups is 1. The Labute approximate surface area is 79.4 Å². The third kappa shape index (κ3) is 2.63. The van der Waals surface area contributed by atoms with Gasteiger partial charge < -0.3 is 10.4 Å². The van der Waals surface area contributed by atoms with E-state index in [9.17, 15) is 13.2 Å². The van der Waals surface area contributed by atoms with Crippen molar-refractivity contribution < 1.29 is 18.3 Å². The van der Waals surface area contributed by atoms with Gasteiger partial charge in [0.2, 0.25) is 0 Å². The van der Waals surface area contributed by atoms with Crippen molar-refractivity contribution >= 4 is 5.69 Å². The molecular weight excluding hydrogens is 195 g/mol. The molecule has 2 N–H and O–H groups in total. The Morgan fingerprint density at radius 2 is 1.86 bits per heavy atom. The number of anilines is 1. The van der Waals surface area contributed by atoms with Crippen LogP contribution in [0, 0.1) is 0 Å². The standard InChI is InChI=1S/C9H10F3NO/c10-9(11,12)7-3-1-2-4-8(7)13-5-6-14/h1-4,13-14H,5-6H2. The Hall–Kier alpha value is -1.23. The van der Waals surface area contributed by atoms with E-state index in [1.807, 2.05) is 0 Å². The Morgan fingerprint density at radius 1 is 1.21 bits per heavy atom. The largest absolute Gasteiger partial charge is 0.418 e. The van der Waals surface area contributed by atoms with Gasteiger partial charge in [0.1, 0.15) is 0 Å². The predicted octanol–water partition coefficient (Wildman–Crippen LogP) is 2.11. The van der Waals surface area contributed by atoms with Crippen LogP contribution in [0.2, 0.25) is 0 Å². The summed E-state index contributed by atoms with van der Waals surface area (Å²) < 4.78 is 37.1. The summed E-state index contributed by atoms with van der Waals surface area (Å²) in [7, 11) is 0. The van der Waals surface area contributed by atoms with Gasteiger partial charge in [-0.05, 0) is 12.1 Å². The van der Waals surface area contributed by atoms with Crippen LogP contribution < -0.4 is 5.32 Å². The summed E-state index contributed by atoms with van der Waals surface area (Å²) in [5.74, 6) is 0. The van der Waals surface area contributed by atoms with Gasteiger partial charge in [0.05, 0.1) is 12.2 Å². The van der Waals surface area contributed by atoms with Gasteiger partial charge in [-0.1, -0.05) is 12.1 Å². The number of alkyl halides is 3. The quantitative estimate of drug-likeness (QED) is 0.792. The monoisotopic (exact) mass is 205 g/mol. The molecule has 0 radical (unpaired) electrons. The molecule has 0 atom stereocenters. The maximum Gasteiger partial charge on any atom is 0.418 e. The second-order valence-electron chi connectivity index (χ2n) is 2.69. The average molecular weight is 205 g/mol. The maximum absolute atomic E-state index is 12.4. The molecule has 0 aromatic heterocycles. The number of benzene rings is 1. The molecule has 0 aliphatic carbocycles. The SMILES string of the molecule is OCCNc1ccccc1C(F)(F)F. The van der Waals surface area contributed by atoms with E-state index in [0.29, 0.717) is 0 Å². The summed E-state index contributed by atoms with van der Waals surface area (Å²) in [6, 6.07) is 5.17. The number of halogens is 3. The lowest BCUT2D eigenvalue weighted by atomic mass is 10.1. The number of hydrogen-bond donors (Lipinski definition) is 2. The minimum atomic E-state index is -4.36. The molecule has 0 aliphatic rings. The van der Waals surface area contributed by atoms with Gasteiger partial charge in [0.25, 0.3) is 0 Å². The first-order valence-electron chi connectivity index (χ1n) is 4.06. The van der Waals surface area contributed by atoms with Crippen LogP contribution in [0.5, 0.6) is 0 Å². The first-order valence-corrected chi connectivity index (χ1v) is 4.06. The molecule has 1 aromatic carbocycles. The minimum absolute atomic E-state index is 0.00551. The summed E-state index contributed by atoms with van der Waals surface area (Å²) in [6.07, 6.45) is -4.36. The van der Waals surface area contributed by atoms with E-state index in [-0.39, 0.29) is 18.8 Å². The highest BCUT2D eigenvalue weighted by molar-refractivity contribution is 5.52. The maximum atomic E-state index is 12.4. The number of hydrogen-bond acceptors (Lipinski definition) is 2. The zero-order valence-electron chi connectivity index (χ0n) is 7.30. The lowest BCUT2D eigenvalue weighted by Crippen LogP contribution is -2.12. The van der Waals surface area contributed by atoms with Gasteiger partial charge in [0, 0.05) is 12.2 Å². The highest BCUT2D eigenvalue weighted by Gasteiger charge is 2.32. The molecule has 0 unspecified atom stereocenters. The summed E-state index contributed by atoms with van der Waals surface area (Å²) >= 11 is 0. The predicted molar refractivity (Wildman–Crippen MR) is 47.0 cm³/mol. The lowest BCUT2D eigenvalue weighted by molar-refractivity contribution is -0.136. The van der Waals surface area contributed by atoms with Crippen LogP contribution in [-0.4, -0.2) is 18.3 Å². The van der Waals surface area contributed by atoms with E-state index in [2.05, 4.69) is 5.32 Å².